The lowest BCUT2D eigenvalue weighted by molar-refractivity contribution is 1.06. The monoisotopic (exact) mass is 229 g/mol. The van der Waals surface area contributed by atoms with Crippen LogP contribution in [0.5, 0.6) is 0 Å². The SMILES string of the molecule is Cc1ccc2[nH]c3n[nH]c(C)c3c(=S)c2c1. The molecule has 2 N–H and O–H groups in total. The van der Waals surface area contributed by atoms with Gasteiger partial charge in [0.2, 0.25) is 0 Å². The van der Waals surface area contributed by atoms with Gasteiger partial charge < -0.3 is 4.98 Å². The zero-order valence-electron chi connectivity index (χ0n) is 9.09. The standard InChI is InChI=1S/C12H11N3S/c1-6-3-4-9-8(5-6)11(16)10-7(2)14-15-12(10)13-9/h3-5H,1-2H3,(H2,13,14,15,16). The van der Waals surface area contributed by atoms with Gasteiger partial charge in [-0.3, -0.25) is 5.10 Å². The minimum Gasteiger partial charge on any atom is -0.338 e. The molecule has 3 aromatic rings. The van der Waals surface area contributed by atoms with Gasteiger partial charge in [0.25, 0.3) is 0 Å². The van der Waals surface area contributed by atoms with Crippen molar-refractivity contribution in [3.63, 3.8) is 0 Å². The molecular weight excluding hydrogens is 218 g/mol. The summed E-state index contributed by atoms with van der Waals surface area (Å²) < 4.78 is 0.874. The fourth-order valence-corrected chi connectivity index (χ4v) is 2.43. The van der Waals surface area contributed by atoms with E-state index in [4.69, 9.17) is 12.2 Å². The predicted octanol–water partition coefficient (Wildman–Crippen LogP) is 3.39. The van der Waals surface area contributed by atoms with Crippen molar-refractivity contribution in [2.75, 3.05) is 0 Å². The van der Waals surface area contributed by atoms with Crippen LogP contribution >= 0.6 is 12.2 Å². The van der Waals surface area contributed by atoms with Crippen molar-refractivity contribution in [1.82, 2.24) is 15.2 Å². The van der Waals surface area contributed by atoms with Crippen molar-refractivity contribution in [1.29, 1.82) is 0 Å². The third-order valence-corrected chi connectivity index (χ3v) is 3.27. The number of aromatic amines is 2. The molecule has 4 heteroatoms. The minimum absolute atomic E-state index is 0.832. The van der Waals surface area contributed by atoms with E-state index < -0.39 is 0 Å². The lowest BCUT2D eigenvalue weighted by Gasteiger charge is -2.01. The first-order valence-corrected chi connectivity index (χ1v) is 5.55. The fourth-order valence-electron chi connectivity index (χ4n) is 2.01. The predicted molar refractivity (Wildman–Crippen MR) is 68.3 cm³/mol. The van der Waals surface area contributed by atoms with Crippen molar-refractivity contribution in [3.05, 3.63) is 34.0 Å². The molecule has 3 nitrogen and oxygen atoms in total. The maximum Gasteiger partial charge on any atom is 0.161 e. The van der Waals surface area contributed by atoms with E-state index in [9.17, 15) is 0 Å². The Balaban J connectivity index is 2.64. The van der Waals surface area contributed by atoms with E-state index >= 15 is 0 Å². The van der Waals surface area contributed by atoms with Crippen molar-refractivity contribution >= 4 is 34.2 Å². The molecular formula is C12H11N3S. The summed E-state index contributed by atoms with van der Waals surface area (Å²) in [5, 5.41) is 9.27. The summed E-state index contributed by atoms with van der Waals surface area (Å²) in [4.78, 5) is 3.29. The quantitative estimate of drug-likeness (QED) is 0.580. The Kier molecular flexibility index (Phi) is 1.88. The summed E-state index contributed by atoms with van der Waals surface area (Å²) in [6.07, 6.45) is 0. The highest BCUT2D eigenvalue weighted by molar-refractivity contribution is 7.72. The van der Waals surface area contributed by atoms with E-state index in [1.165, 1.54) is 5.56 Å². The Bertz CT molecular complexity index is 752. The molecule has 2 aromatic heterocycles. The van der Waals surface area contributed by atoms with Crippen LogP contribution in [0.25, 0.3) is 21.9 Å². The van der Waals surface area contributed by atoms with Crippen LogP contribution in [0.15, 0.2) is 18.2 Å². The number of aryl methyl sites for hydroxylation is 2. The Hall–Kier alpha value is -1.68. The molecule has 0 spiro atoms. The topological polar surface area (TPSA) is 44.5 Å². The summed E-state index contributed by atoms with van der Waals surface area (Å²) in [6.45, 7) is 4.06. The molecule has 1 aromatic carbocycles. The van der Waals surface area contributed by atoms with Crippen LogP contribution < -0.4 is 0 Å². The van der Waals surface area contributed by atoms with E-state index in [1.54, 1.807) is 0 Å². The third-order valence-electron chi connectivity index (χ3n) is 2.85. The van der Waals surface area contributed by atoms with E-state index in [0.29, 0.717) is 0 Å². The molecule has 0 radical (unpaired) electrons. The lowest BCUT2D eigenvalue weighted by atomic mass is 10.1. The molecule has 0 amide bonds. The van der Waals surface area contributed by atoms with Crippen LogP contribution in [0.2, 0.25) is 0 Å². The molecule has 0 aliphatic carbocycles. The molecule has 0 aliphatic heterocycles. The van der Waals surface area contributed by atoms with Gasteiger partial charge in [0.15, 0.2) is 5.65 Å². The van der Waals surface area contributed by atoms with Gasteiger partial charge >= 0.3 is 0 Å². The smallest absolute Gasteiger partial charge is 0.161 e. The summed E-state index contributed by atoms with van der Waals surface area (Å²) >= 11 is 5.52. The first-order chi connectivity index (χ1) is 7.66. The molecule has 16 heavy (non-hydrogen) atoms. The van der Waals surface area contributed by atoms with E-state index in [0.717, 1.165) is 32.1 Å². The van der Waals surface area contributed by atoms with Crippen LogP contribution in [-0.2, 0) is 0 Å². The number of hydrogen-bond acceptors (Lipinski definition) is 2. The molecule has 2 heterocycles. The van der Waals surface area contributed by atoms with Gasteiger partial charge in [0.1, 0.15) is 0 Å². The number of nitrogens with zero attached hydrogens (tertiary/aromatic N) is 1. The largest absolute Gasteiger partial charge is 0.338 e. The third kappa shape index (κ3) is 1.20. The Morgan fingerprint density at radius 3 is 2.88 bits per heavy atom. The van der Waals surface area contributed by atoms with Gasteiger partial charge in [0.05, 0.1) is 9.90 Å². The minimum atomic E-state index is 0.832. The molecule has 80 valence electrons. The number of H-pyrrole nitrogens is 2. The van der Waals surface area contributed by atoms with E-state index in [2.05, 4.69) is 34.2 Å². The molecule has 0 unspecified atom stereocenters. The van der Waals surface area contributed by atoms with Crippen molar-refractivity contribution < 1.29 is 0 Å². The summed E-state index contributed by atoms with van der Waals surface area (Å²) in [5.74, 6) is 0. The van der Waals surface area contributed by atoms with Crippen LogP contribution in [0, 0.1) is 18.4 Å². The Labute approximate surface area is 97.5 Å². The molecule has 0 atom stereocenters. The van der Waals surface area contributed by atoms with Gasteiger partial charge in [-0.05, 0) is 26.0 Å². The van der Waals surface area contributed by atoms with Gasteiger partial charge in [-0.2, -0.15) is 5.10 Å². The van der Waals surface area contributed by atoms with E-state index in [-0.39, 0.29) is 0 Å². The molecule has 0 fully saturated rings. The molecule has 0 saturated carbocycles. The highest BCUT2D eigenvalue weighted by Crippen LogP contribution is 2.23. The van der Waals surface area contributed by atoms with Gasteiger partial charge in [-0.15, -0.1) is 0 Å². The van der Waals surface area contributed by atoms with Crippen molar-refractivity contribution in [2.45, 2.75) is 13.8 Å². The average Bonchev–Trinajstić information content (AvgIpc) is 2.62. The Morgan fingerprint density at radius 1 is 1.25 bits per heavy atom. The number of nitrogens with one attached hydrogen (secondary N) is 2. The maximum atomic E-state index is 5.52. The van der Waals surface area contributed by atoms with Gasteiger partial charge in [-0.1, -0.05) is 23.8 Å². The number of benzene rings is 1. The summed E-state index contributed by atoms with van der Waals surface area (Å²) in [6, 6.07) is 6.23. The summed E-state index contributed by atoms with van der Waals surface area (Å²) in [7, 11) is 0. The van der Waals surface area contributed by atoms with Crippen LogP contribution in [-0.4, -0.2) is 15.2 Å². The second-order valence-electron chi connectivity index (χ2n) is 4.08. The number of pyridine rings is 1. The van der Waals surface area contributed by atoms with Crippen molar-refractivity contribution in [3.8, 4) is 0 Å². The molecule has 0 bridgehead atoms. The molecule has 0 saturated heterocycles. The normalized spacial score (nSPS) is 11.4. The van der Waals surface area contributed by atoms with E-state index in [1.807, 2.05) is 13.0 Å². The zero-order chi connectivity index (χ0) is 11.3. The number of rotatable bonds is 0. The number of fused-ring (bicyclic) bond motifs is 2. The van der Waals surface area contributed by atoms with Crippen LogP contribution in [0.4, 0.5) is 0 Å². The van der Waals surface area contributed by atoms with Gasteiger partial charge in [0, 0.05) is 16.6 Å². The van der Waals surface area contributed by atoms with Crippen LogP contribution in [0.1, 0.15) is 11.3 Å². The first-order valence-electron chi connectivity index (χ1n) is 5.14. The number of hydrogen-bond donors (Lipinski definition) is 2. The highest BCUT2D eigenvalue weighted by Gasteiger charge is 2.07. The van der Waals surface area contributed by atoms with Crippen molar-refractivity contribution in [2.24, 2.45) is 0 Å². The average molecular weight is 229 g/mol. The Morgan fingerprint density at radius 2 is 2.06 bits per heavy atom. The maximum absolute atomic E-state index is 5.52. The molecule has 3 rings (SSSR count). The van der Waals surface area contributed by atoms with Crippen LogP contribution in [0.3, 0.4) is 0 Å². The second kappa shape index (κ2) is 3.15. The zero-order valence-corrected chi connectivity index (χ0v) is 9.90. The summed E-state index contributed by atoms with van der Waals surface area (Å²) in [5.41, 5.74) is 4.10. The molecule has 0 aliphatic rings. The van der Waals surface area contributed by atoms with Gasteiger partial charge in [-0.25, -0.2) is 0 Å². The highest BCUT2D eigenvalue weighted by atomic mass is 32.1. The first kappa shape index (κ1) is 9.54. The number of aromatic nitrogens is 3. The second-order valence-corrected chi connectivity index (χ2v) is 4.48. The lowest BCUT2D eigenvalue weighted by Crippen LogP contribution is -1.84. The fraction of sp³-hybridized carbons (Fsp3) is 0.167.